The molecular formula is C16H22FN. The van der Waals surface area contributed by atoms with Crippen molar-refractivity contribution in [1.82, 2.24) is 0 Å². The largest absolute Gasteiger partial charge is 0.330 e. The van der Waals surface area contributed by atoms with Crippen LogP contribution in [0.25, 0.3) is 0 Å². The van der Waals surface area contributed by atoms with E-state index in [1.165, 1.54) is 25.7 Å². The summed E-state index contributed by atoms with van der Waals surface area (Å²) in [5, 5.41) is 0. The topological polar surface area (TPSA) is 26.0 Å². The Kier molecular flexibility index (Phi) is 3.38. The molecule has 4 unspecified atom stereocenters. The molecule has 98 valence electrons. The van der Waals surface area contributed by atoms with E-state index in [4.69, 9.17) is 5.73 Å². The molecule has 0 saturated heterocycles. The second-order valence-electron chi connectivity index (χ2n) is 6.12. The number of nitrogens with two attached hydrogens (primary N) is 1. The SMILES string of the molecule is NCC(CC1CC2CCC1C2)c1ccccc1F. The van der Waals surface area contributed by atoms with Gasteiger partial charge in [-0.05, 0) is 67.5 Å². The Hall–Kier alpha value is -0.890. The van der Waals surface area contributed by atoms with E-state index in [2.05, 4.69) is 0 Å². The molecule has 1 aromatic rings. The van der Waals surface area contributed by atoms with E-state index in [0.717, 1.165) is 29.7 Å². The highest BCUT2D eigenvalue weighted by atomic mass is 19.1. The van der Waals surface area contributed by atoms with Crippen molar-refractivity contribution < 1.29 is 4.39 Å². The van der Waals surface area contributed by atoms with Crippen molar-refractivity contribution >= 4 is 0 Å². The van der Waals surface area contributed by atoms with Crippen LogP contribution in [0.2, 0.25) is 0 Å². The van der Waals surface area contributed by atoms with E-state index >= 15 is 0 Å². The molecule has 2 bridgehead atoms. The third-order valence-corrected chi connectivity index (χ3v) is 5.10. The second-order valence-corrected chi connectivity index (χ2v) is 6.12. The quantitative estimate of drug-likeness (QED) is 0.862. The zero-order valence-electron chi connectivity index (χ0n) is 10.8. The summed E-state index contributed by atoms with van der Waals surface area (Å²) in [5.41, 5.74) is 6.71. The van der Waals surface area contributed by atoms with Gasteiger partial charge < -0.3 is 5.73 Å². The molecule has 0 spiro atoms. The molecule has 0 amide bonds. The molecule has 2 saturated carbocycles. The molecule has 2 aliphatic rings. The van der Waals surface area contributed by atoms with E-state index in [9.17, 15) is 4.39 Å². The predicted octanol–water partition coefficient (Wildman–Crippen LogP) is 3.69. The molecule has 4 atom stereocenters. The third-order valence-electron chi connectivity index (χ3n) is 5.10. The van der Waals surface area contributed by atoms with Crippen LogP contribution >= 0.6 is 0 Å². The Bertz CT molecular complexity index is 417. The lowest BCUT2D eigenvalue weighted by atomic mass is 9.80. The Labute approximate surface area is 109 Å². The van der Waals surface area contributed by atoms with Gasteiger partial charge in [-0.25, -0.2) is 4.39 Å². The van der Waals surface area contributed by atoms with Gasteiger partial charge in [-0.15, -0.1) is 0 Å². The molecule has 2 heteroatoms. The van der Waals surface area contributed by atoms with Gasteiger partial charge in [0.05, 0.1) is 0 Å². The Morgan fingerprint density at radius 3 is 2.67 bits per heavy atom. The molecule has 0 aliphatic heterocycles. The normalized spacial score (nSPS) is 31.8. The molecule has 0 aromatic heterocycles. The molecule has 2 aliphatic carbocycles. The minimum Gasteiger partial charge on any atom is -0.330 e. The molecule has 2 fully saturated rings. The van der Waals surface area contributed by atoms with Gasteiger partial charge in [0.1, 0.15) is 5.82 Å². The fraction of sp³-hybridized carbons (Fsp3) is 0.625. The van der Waals surface area contributed by atoms with Gasteiger partial charge in [0, 0.05) is 0 Å². The van der Waals surface area contributed by atoms with Crippen LogP contribution in [-0.2, 0) is 0 Å². The van der Waals surface area contributed by atoms with Crippen LogP contribution in [0.5, 0.6) is 0 Å². The summed E-state index contributed by atoms with van der Waals surface area (Å²) in [6.07, 6.45) is 6.67. The number of rotatable bonds is 4. The van der Waals surface area contributed by atoms with Crippen LogP contribution in [0.15, 0.2) is 24.3 Å². The number of hydrogen-bond donors (Lipinski definition) is 1. The van der Waals surface area contributed by atoms with Crippen molar-refractivity contribution in [3.8, 4) is 0 Å². The number of fused-ring (bicyclic) bond motifs is 2. The highest BCUT2D eigenvalue weighted by Crippen LogP contribution is 2.51. The van der Waals surface area contributed by atoms with Gasteiger partial charge >= 0.3 is 0 Å². The van der Waals surface area contributed by atoms with Gasteiger partial charge in [0.2, 0.25) is 0 Å². The molecular weight excluding hydrogens is 225 g/mol. The highest BCUT2D eigenvalue weighted by Gasteiger charge is 2.40. The molecule has 18 heavy (non-hydrogen) atoms. The van der Waals surface area contributed by atoms with E-state index in [1.54, 1.807) is 12.1 Å². The monoisotopic (exact) mass is 247 g/mol. The fourth-order valence-corrected chi connectivity index (χ4v) is 4.19. The van der Waals surface area contributed by atoms with E-state index in [0.29, 0.717) is 6.54 Å². The lowest BCUT2D eigenvalue weighted by Gasteiger charge is -2.26. The Morgan fingerprint density at radius 1 is 1.22 bits per heavy atom. The van der Waals surface area contributed by atoms with Crippen LogP contribution < -0.4 is 5.73 Å². The summed E-state index contributed by atoms with van der Waals surface area (Å²) in [5.74, 6) is 2.76. The molecule has 0 radical (unpaired) electrons. The Balaban J connectivity index is 1.72. The van der Waals surface area contributed by atoms with Crippen molar-refractivity contribution in [3.05, 3.63) is 35.6 Å². The van der Waals surface area contributed by atoms with Crippen LogP contribution in [0.3, 0.4) is 0 Å². The van der Waals surface area contributed by atoms with E-state index in [-0.39, 0.29) is 11.7 Å². The molecule has 1 nitrogen and oxygen atoms in total. The van der Waals surface area contributed by atoms with Gasteiger partial charge in [0.25, 0.3) is 0 Å². The summed E-state index contributed by atoms with van der Waals surface area (Å²) in [6.45, 7) is 0.564. The molecule has 1 aromatic carbocycles. The van der Waals surface area contributed by atoms with Crippen molar-refractivity contribution in [2.45, 2.75) is 38.0 Å². The number of hydrogen-bond acceptors (Lipinski definition) is 1. The first-order chi connectivity index (χ1) is 8.78. The minimum atomic E-state index is -0.0869. The first kappa shape index (κ1) is 12.2. The molecule has 2 N–H and O–H groups in total. The minimum absolute atomic E-state index is 0.0869. The lowest BCUT2D eigenvalue weighted by molar-refractivity contribution is 0.294. The van der Waals surface area contributed by atoms with Crippen molar-refractivity contribution in [3.63, 3.8) is 0 Å². The Morgan fingerprint density at radius 2 is 2.06 bits per heavy atom. The maximum absolute atomic E-state index is 13.8. The zero-order valence-corrected chi connectivity index (χ0v) is 10.8. The first-order valence-corrected chi connectivity index (χ1v) is 7.22. The van der Waals surface area contributed by atoms with Crippen molar-refractivity contribution in [2.75, 3.05) is 6.54 Å². The average molecular weight is 247 g/mol. The smallest absolute Gasteiger partial charge is 0.126 e. The van der Waals surface area contributed by atoms with Crippen molar-refractivity contribution in [2.24, 2.45) is 23.5 Å². The van der Waals surface area contributed by atoms with Crippen LogP contribution in [0, 0.1) is 23.6 Å². The standard InChI is InChI=1S/C16H22FN/c17-16-4-2-1-3-15(16)14(10-18)9-13-8-11-5-6-12(13)7-11/h1-4,11-14H,5-10,18H2. The second kappa shape index (κ2) is 5.00. The van der Waals surface area contributed by atoms with Crippen molar-refractivity contribution in [1.29, 1.82) is 0 Å². The van der Waals surface area contributed by atoms with Gasteiger partial charge in [-0.3, -0.25) is 0 Å². The summed E-state index contributed by atoms with van der Waals surface area (Å²) < 4.78 is 13.8. The fourth-order valence-electron chi connectivity index (χ4n) is 4.19. The predicted molar refractivity (Wildman–Crippen MR) is 71.8 cm³/mol. The lowest BCUT2D eigenvalue weighted by Crippen LogP contribution is -2.20. The summed E-state index contributed by atoms with van der Waals surface area (Å²) in [4.78, 5) is 0. The van der Waals surface area contributed by atoms with E-state index < -0.39 is 0 Å². The van der Waals surface area contributed by atoms with Crippen LogP contribution in [0.1, 0.15) is 43.6 Å². The molecule has 3 rings (SSSR count). The first-order valence-electron chi connectivity index (χ1n) is 7.22. The zero-order chi connectivity index (χ0) is 12.5. The third kappa shape index (κ3) is 2.18. The maximum atomic E-state index is 13.8. The maximum Gasteiger partial charge on any atom is 0.126 e. The average Bonchev–Trinajstić information content (AvgIpc) is 2.99. The summed E-state index contributed by atoms with van der Waals surface area (Å²) in [6, 6.07) is 7.13. The van der Waals surface area contributed by atoms with Crippen LogP contribution in [-0.4, -0.2) is 6.54 Å². The van der Waals surface area contributed by atoms with Crippen LogP contribution in [0.4, 0.5) is 4.39 Å². The van der Waals surface area contributed by atoms with E-state index in [1.807, 2.05) is 12.1 Å². The number of halogens is 1. The highest BCUT2D eigenvalue weighted by molar-refractivity contribution is 5.22. The van der Waals surface area contributed by atoms with Gasteiger partial charge in [-0.1, -0.05) is 24.6 Å². The van der Waals surface area contributed by atoms with Gasteiger partial charge in [-0.2, -0.15) is 0 Å². The summed E-state index contributed by atoms with van der Waals surface area (Å²) in [7, 11) is 0. The molecule has 0 heterocycles. The number of benzene rings is 1. The van der Waals surface area contributed by atoms with Gasteiger partial charge in [0.15, 0.2) is 0 Å². The summed E-state index contributed by atoms with van der Waals surface area (Å²) >= 11 is 0.